The van der Waals surface area contributed by atoms with Crippen molar-refractivity contribution in [1.29, 1.82) is 0 Å². The van der Waals surface area contributed by atoms with Gasteiger partial charge >= 0.3 is 6.09 Å². The number of ether oxygens (including phenoxy) is 3. The van der Waals surface area contributed by atoms with E-state index in [9.17, 15) is 26.7 Å². The number of amides is 1. The molecular formula is C32H43N5O9S2. The normalized spacial score (nSPS) is 21.0. The molecule has 0 unspecified atom stereocenters. The van der Waals surface area contributed by atoms with Gasteiger partial charge in [-0.3, -0.25) is 0 Å². The number of carbonyl (C=O) groups excluding carboxylic acids is 1. The van der Waals surface area contributed by atoms with Gasteiger partial charge in [-0.1, -0.05) is 6.07 Å². The fourth-order valence-corrected chi connectivity index (χ4v) is 9.37. The first-order valence-electron chi connectivity index (χ1n) is 16.1. The fourth-order valence-electron chi connectivity index (χ4n) is 6.27. The number of pyridine rings is 1. The highest BCUT2D eigenvalue weighted by molar-refractivity contribution is 7.92. The molecule has 2 atom stereocenters. The number of aliphatic hydroxyl groups is 1. The van der Waals surface area contributed by atoms with Crippen LogP contribution < -0.4 is 4.74 Å². The number of hydrogen-bond acceptors (Lipinski definition) is 11. The largest absolute Gasteiger partial charge is 0.491 e. The molecule has 2 aliphatic heterocycles. The monoisotopic (exact) mass is 705 g/mol. The first kappa shape index (κ1) is 34.5. The summed E-state index contributed by atoms with van der Waals surface area (Å²) in [6.45, 7) is 5.64. The summed E-state index contributed by atoms with van der Waals surface area (Å²) < 4.78 is 73.2. The lowest BCUT2D eigenvalue weighted by atomic mass is 9.88. The lowest BCUT2D eigenvalue weighted by Gasteiger charge is -2.38. The number of piperidine rings is 1. The van der Waals surface area contributed by atoms with Crippen LogP contribution in [0.3, 0.4) is 0 Å². The Labute approximate surface area is 281 Å². The number of benzene rings is 1. The first-order chi connectivity index (χ1) is 22.6. The SMILES string of the molecule is Cn1cnc2cc(S(=O)(=O)N3CCC4(CC3)C[C@@H](N(C[C@H](O)COc3cccc(S(=O)(=O)C5CC5)c3)C(=O)OC(C)(C)C)CO4)cnc21. The number of aliphatic hydroxyl groups excluding tert-OH is 1. The standard InChI is InChI=1S/C32H43N5O9S2/c1-31(2,3)46-30(39)37(18-23(38)20-44-24-6-5-7-26(14-24)47(40,41)25-8-9-25)22-16-32(45-19-22)10-12-36(13-11-32)48(42,43)27-15-28-29(33-17-27)35(4)21-34-28/h5-7,14-15,17,21-23,25,38H,8-13,16,18-20H2,1-4H3/t22-,23+/m1/s1. The smallest absolute Gasteiger partial charge is 0.410 e. The Morgan fingerprint density at radius 3 is 2.54 bits per heavy atom. The second-order valence-electron chi connectivity index (χ2n) is 13.9. The summed E-state index contributed by atoms with van der Waals surface area (Å²) >= 11 is 0. The van der Waals surface area contributed by atoms with Crippen molar-refractivity contribution in [2.75, 3.05) is 32.8 Å². The molecule has 1 aliphatic carbocycles. The zero-order valence-electron chi connectivity index (χ0n) is 27.6. The Morgan fingerprint density at radius 1 is 1.12 bits per heavy atom. The van der Waals surface area contributed by atoms with E-state index >= 15 is 0 Å². The molecule has 1 spiro atoms. The minimum Gasteiger partial charge on any atom is -0.491 e. The summed E-state index contributed by atoms with van der Waals surface area (Å²) in [5.74, 6) is 0.306. The van der Waals surface area contributed by atoms with E-state index in [4.69, 9.17) is 14.2 Å². The Bertz CT molecular complexity index is 1880. The van der Waals surface area contributed by atoms with E-state index in [-0.39, 0.29) is 47.9 Å². The van der Waals surface area contributed by atoms with Gasteiger partial charge in [0.2, 0.25) is 10.0 Å². The molecule has 1 N–H and O–H groups in total. The molecule has 3 aliphatic rings. The number of hydrogen-bond donors (Lipinski definition) is 1. The molecule has 2 aromatic heterocycles. The van der Waals surface area contributed by atoms with Crippen LogP contribution in [0, 0.1) is 0 Å². The van der Waals surface area contributed by atoms with Crippen LogP contribution in [0.4, 0.5) is 4.79 Å². The number of rotatable bonds is 10. The number of aryl methyl sites for hydroxylation is 1. The Hall–Kier alpha value is -3.31. The number of imidazole rings is 1. The van der Waals surface area contributed by atoms with E-state index in [1.165, 1.54) is 33.6 Å². The average Bonchev–Trinajstić information content (AvgIpc) is 3.74. The highest BCUT2D eigenvalue weighted by Crippen LogP contribution is 2.39. The van der Waals surface area contributed by atoms with Crippen LogP contribution in [0.25, 0.3) is 11.2 Å². The Balaban J connectivity index is 1.09. The fraction of sp³-hybridized carbons (Fsp3) is 0.594. The van der Waals surface area contributed by atoms with Crippen molar-refractivity contribution in [2.45, 2.75) is 91.3 Å². The van der Waals surface area contributed by atoms with Crippen LogP contribution in [-0.2, 0) is 36.4 Å². The van der Waals surface area contributed by atoms with Crippen molar-refractivity contribution in [2.24, 2.45) is 7.05 Å². The number of sulfone groups is 1. The van der Waals surface area contributed by atoms with Gasteiger partial charge in [0.1, 0.15) is 34.5 Å². The molecule has 48 heavy (non-hydrogen) atoms. The molecule has 6 rings (SSSR count). The lowest BCUT2D eigenvalue weighted by molar-refractivity contribution is -0.0329. The highest BCUT2D eigenvalue weighted by atomic mass is 32.2. The molecule has 1 aromatic carbocycles. The van der Waals surface area contributed by atoms with Gasteiger partial charge in [0.25, 0.3) is 0 Å². The topological polar surface area (TPSA) is 170 Å². The number of sulfonamides is 1. The molecule has 262 valence electrons. The van der Waals surface area contributed by atoms with Gasteiger partial charge in [-0.15, -0.1) is 0 Å². The Kier molecular flexibility index (Phi) is 9.26. The predicted octanol–water partition coefficient (Wildman–Crippen LogP) is 2.89. The zero-order valence-corrected chi connectivity index (χ0v) is 29.2. The number of carbonyl (C=O) groups is 1. The molecule has 0 radical (unpaired) electrons. The molecule has 3 aromatic rings. The molecule has 16 heteroatoms. The van der Waals surface area contributed by atoms with Crippen molar-refractivity contribution < 1.29 is 40.9 Å². The second kappa shape index (κ2) is 12.9. The first-order valence-corrected chi connectivity index (χ1v) is 19.1. The summed E-state index contributed by atoms with van der Waals surface area (Å²) in [7, 11) is -5.42. The molecule has 0 bridgehead atoms. The summed E-state index contributed by atoms with van der Waals surface area (Å²) in [5.41, 5.74) is -0.334. The van der Waals surface area contributed by atoms with E-state index in [2.05, 4.69) is 9.97 Å². The van der Waals surface area contributed by atoms with Crippen LogP contribution in [-0.4, -0.2) is 113 Å². The predicted molar refractivity (Wildman–Crippen MR) is 175 cm³/mol. The highest BCUT2D eigenvalue weighted by Gasteiger charge is 2.48. The number of fused-ring (bicyclic) bond motifs is 1. The third kappa shape index (κ3) is 7.32. The number of nitrogens with zero attached hydrogens (tertiary/aromatic N) is 5. The van der Waals surface area contributed by atoms with Gasteiger partial charge < -0.3 is 28.8 Å². The van der Waals surface area contributed by atoms with E-state index in [1.807, 2.05) is 0 Å². The molecule has 2 saturated heterocycles. The average molecular weight is 706 g/mol. The van der Waals surface area contributed by atoms with Crippen LogP contribution >= 0.6 is 0 Å². The van der Waals surface area contributed by atoms with Gasteiger partial charge in [-0.05, 0) is 77.1 Å². The van der Waals surface area contributed by atoms with Gasteiger partial charge in [-0.25, -0.2) is 31.6 Å². The maximum absolute atomic E-state index is 13.5. The third-order valence-electron chi connectivity index (χ3n) is 9.00. The lowest BCUT2D eigenvalue weighted by Crippen LogP contribution is -2.50. The minimum absolute atomic E-state index is 0.0819. The number of aromatic nitrogens is 3. The Morgan fingerprint density at radius 2 is 1.85 bits per heavy atom. The van der Waals surface area contributed by atoms with Crippen LogP contribution in [0.5, 0.6) is 5.75 Å². The molecular weight excluding hydrogens is 663 g/mol. The zero-order chi connectivity index (χ0) is 34.5. The van der Waals surface area contributed by atoms with Gasteiger partial charge in [0.05, 0.1) is 41.3 Å². The summed E-state index contributed by atoms with van der Waals surface area (Å²) in [6.07, 6.45) is 3.81. The molecule has 1 saturated carbocycles. The van der Waals surface area contributed by atoms with Gasteiger partial charge in [0.15, 0.2) is 15.5 Å². The molecule has 14 nitrogen and oxygen atoms in total. The van der Waals surface area contributed by atoms with E-state index in [1.54, 1.807) is 50.8 Å². The van der Waals surface area contributed by atoms with Crippen LogP contribution in [0.1, 0.15) is 52.9 Å². The van der Waals surface area contributed by atoms with Crippen molar-refractivity contribution in [3.63, 3.8) is 0 Å². The van der Waals surface area contributed by atoms with E-state index < -0.39 is 49.3 Å². The summed E-state index contributed by atoms with van der Waals surface area (Å²) in [5, 5.41) is 10.6. The molecule has 4 heterocycles. The molecule has 3 fully saturated rings. The quantitative estimate of drug-likeness (QED) is 0.329. The van der Waals surface area contributed by atoms with Crippen LogP contribution in [0.2, 0.25) is 0 Å². The van der Waals surface area contributed by atoms with Crippen molar-refractivity contribution in [3.05, 3.63) is 42.9 Å². The van der Waals surface area contributed by atoms with Crippen molar-refractivity contribution >= 4 is 37.1 Å². The van der Waals surface area contributed by atoms with Gasteiger partial charge in [-0.2, -0.15) is 4.31 Å². The summed E-state index contributed by atoms with van der Waals surface area (Å²) in [4.78, 5) is 23.7. The maximum atomic E-state index is 13.5. The third-order valence-corrected chi connectivity index (χ3v) is 13.1. The minimum atomic E-state index is -3.81. The van der Waals surface area contributed by atoms with Crippen molar-refractivity contribution in [3.8, 4) is 5.75 Å². The van der Waals surface area contributed by atoms with E-state index in [0.717, 1.165) is 0 Å². The second-order valence-corrected chi connectivity index (χ2v) is 18.1. The van der Waals surface area contributed by atoms with E-state index in [0.29, 0.717) is 49.0 Å². The summed E-state index contributed by atoms with van der Waals surface area (Å²) in [6, 6.07) is 7.32. The van der Waals surface area contributed by atoms with Crippen molar-refractivity contribution in [1.82, 2.24) is 23.7 Å². The van der Waals surface area contributed by atoms with Crippen LogP contribution in [0.15, 0.2) is 52.6 Å². The maximum Gasteiger partial charge on any atom is 0.410 e. The van der Waals surface area contributed by atoms with Gasteiger partial charge in [0, 0.05) is 26.3 Å². The molecule has 1 amide bonds.